The SMILES string of the molecule is COCCn1ccnc1CN1CCO[C@@H](CO)[C@@H]1c1ccccc1Cl. The Bertz CT molecular complexity index is 679. The number of ether oxygens (including phenoxy) is 2. The molecular weight excluding hydrogens is 342 g/mol. The fraction of sp³-hybridized carbons (Fsp3) is 0.500. The number of hydrogen-bond donors (Lipinski definition) is 1. The van der Waals surface area contributed by atoms with Gasteiger partial charge in [0.1, 0.15) is 11.9 Å². The first-order valence-electron chi connectivity index (χ1n) is 8.44. The predicted molar refractivity (Wildman–Crippen MR) is 95.5 cm³/mol. The van der Waals surface area contributed by atoms with Gasteiger partial charge in [-0.25, -0.2) is 4.98 Å². The van der Waals surface area contributed by atoms with Gasteiger partial charge in [0.25, 0.3) is 0 Å². The van der Waals surface area contributed by atoms with Crippen molar-refractivity contribution in [2.45, 2.75) is 25.2 Å². The van der Waals surface area contributed by atoms with E-state index in [1.54, 1.807) is 13.3 Å². The van der Waals surface area contributed by atoms with Gasteiger partial charge in [0, 0.05) is 37.6 Å². The van der Waals surface area contributed by atoms with Gasteiger partial charge < -0.3 is 19.1 Å². The van der Waals surface area contributed by atoms with Gasteiger partial charge in [0.2, 0.25) is 0 Å². The minimum Gasteiger partial charge on any atom is -0.394 e. The van der Waals surface area contributed by atoms with E-state index >= 15 is 0 Å². The van der Waals surface area contributed by atoms with Crippen molar-refractivity contribution in [3.63, 3.8) is 0 Å². The maximum atomic E-state index is 9.80. The molecule has 1 aromatic heterocycles. The Kier molecular flexibility index (Phi) is 6.45. The molecule has 3 rings (SSSR count). The lowest BCUT2D eigenvalue weighted by Crippen LogP contribution is -2.46. The van der Waals surface area contributed by atoms with Crippen LogP contribution < -0.4 is 0 Å². The molecule has 1 aliphatic rings. The molecule has 0 bridgehead atoms. The van der Waals surface area contributed by atoms with Crippen molar-refractivity contribution in [1.82, 2.24) is 14.5 Å². The van der Waals surface area contributed by atoms with Crippen LogP contribution in [0.5, 0.6) is 0 Å². The molecule has 6 nitrogen and oxygen atoms in total. The second-order valence-corrected chi connectivity index (χ2v) is 6.47. The molecule has 1 N–H and O–H groups in total. The first-order valence-corrected chi connectivity index (χ1v) is 8.82. The molecule has 2 heterocycles. The Morgan fingerprint density at radius 2 is 2.24 bits per heavy atom. The minimum atomic E-state index is -0.309. The molecule has 136 valence electrons. The fourth-order valence-corrected chi connectivity index (χ4v) is 3.54. The van der Waals surface area contributed by atoms with Crippen molar-refractivity contribution in [2.24, 2.45) is 0 Å². The monoisotopic (exact) mass is 365 g/mol. The molecule has 1 fully saturated rings. The van der Waals surface area contributed by atoms with Crippen LogP contribution in [0.2, 0.25) is 5.02 Å². The number of benzene rings is 1. The van der Waals surface area contributed by atoms with Crippen LogP contribution in [0.15, 0.2) is 36.7 Å². The summed E-state index contributed by atoms with van der Waals surface area (Å²) in [6.07, 6.45) is 3.46. The summed E-state index contributed by atoms with van der Waals surface area (Å²) in [6, 6.07) is 7.62. The molecule has 0 unspecified atom stereocenters. The topological polar surface area (TPSA) is 59.8 Å². The summed E-state index contributed by atoms with van der Waals surface area (Å²) in [5, 5.41) is 10.5. The minimum absolute atomic E-state index is 0.0511. The Morgan fingerprint density at radius 3 is 3.00 bits per heavy atom. The van der Waals surface area contributed by atoms with E-state index in [9.17, 15) is 5.11 Å². The van der Waals surface area contributed by atoms with Crippen LogP contribution in [0.3, 0.4) is 0 Å². The standard InChI is InChI=1S/C18H24ClN3O3/c1-24-10-8-21-7-6-20-17(21)12-22-9-11-25-16(13-23)18(22)14-4-2-3-5-15(14)19/h2-7,16,18,23H,8-13H2,1H3/t16-,18-/m0/s1. The lowest BCUT2D eigenvalue weighted by molar-refractivity contribution is -0.0969. The van der Waals surface area contributed by atoms with E-state index in [0.717, 1.165) is 24.5 Å². The highest BCUT2D eigenvalue weighted by Crippen LogP contribution is 2.34. The molecular formula is C18H24ClN3O3. The van der Waals surface area contributed by atoms with Crippen molar-refractivity contribution < 1.29 is 14.6 Å². The number of aromatic nitrogens is 2. The Labute approximate surface area is 152 Å². The van der Waals surface area contributed by atoms with Crippen molar-refractivity contribution in [1.29, 1.82) is 0 Å². The first-order chi connectivity index (χ1) is 12.2. The molecule has 1 aliphatic heterocycles. The van der Waals surface area contributed by atoms with Gasteiger partial charge in [0.05, 0.1) is 32.4 Å². The highest BCUT2D eigenvalue weighted by Gasteiger charge is 2.34. The Hall–Kier alpha value is -1.44. The summed E-state index contributed by atoms with van der Waals surface area (Å²) in [4.78, 5) is 6.77. The van der Waals surface area contributed by atoms with Gasteiger partial charge >= 0.3 is 0 Å². The molecule has 1 saturated heterocycles. The summed E-state index contributed by atoms with van der Waals surface area (Å²) in [5.41, 5.74) is 0.970. The highest BCUT2D eigenvalue weighted by molar-refractivity contribution is 6.31. The summed E-state index contributed by atoms with van der Waals surface area (Å²) in [6.45, 7) is 3.33. The maximum Gasteiger partial charge on any atom is 0.122 e. The van der Waals surface area contributed by atoms with Gasteiger partial charge in [-0.1, -0.05) is 29.8 Å². The maximum absolute atomic E-state index is 9.80. The normalized spacial score (nSPS) is 21.6. The van der Waals surface area contributed by atoms with Crippen LogP contribution in [-0.4, -0.2) is 59.1 Å². The van der Waals surface area contributed by atoms with E-state index in [1.165, 1.54) is 0 Å². The van der Waals surface area contributed by atoms with Gasteiger partial charge in [0.15, 0.2) is 0 Å². The summed E-state index contributed by atoms with van der Waals surface area (Å²) in [5.74, 6) is 0.965. The zero-order chi connectivity index (χ0) is 17.6. The lowest BCUT2D eigenvalue weighted by atomic mass is 9.98. The molecule has 25 heavy (non-hydrogen) atoms. The number of imidazole rings is 1. The Morgan fingerprint density at radius 1 is 1.40 bits per heavy atom. The average Bonchev–Trinajstić information content (AvgIpc) is 3.07. The third-order valence-corrected chi connectivity index (χ3v) is 4.89. The Balaban J connectivity index is 1.85. The second kappa shape index (κ2) is 8.78. The molecule has 2 aromatic rings. The van der Waals surface area contributed by atoms with Gasteiger partial charge in [-0.05, 0) is 11.6 Å². The third-order valence-electron chi connectivity index (χ3n) is 4.54. The number of rotatable bonds is 7. The number of hydrogen-bond acceptors (Lipinski definition) is 5. The first kappa shape index (κ1) is 18.4. The lowest BCUT2D eigenvalue weighted by Gasteiger charge is -2.41. The van der Waals surface area contributed by atoms with Crippen LogP contribution >= 0.6 is 11.6 Å². The van der Waals surface area contributed by atoms with Gasteiger partial charge in [-0.3, -0.25) is 4.90 Å². The number of methoxy groups -OCH3 is 1. The molecule has 0 amide bonds. The third kappa shape index (κ3) is 4.22. The summed E-state index contributed by atoms with van der Waals surface area (Å²) < 4.78 is 13.1. The summed E-state index contributed by atoms with van der Waals surface area (Å²) in [7, 11) is 1.69. The smallest absolute Gasteiger partial charge is 0.122 e. The van der Waals surface area contributed by atoms with Crippen LogP contribution in [0.1, 0.15) is 17.4 Å². The number of halogens is 1. The average molecular weight is 366 g/mol. The van der Waals surface area contributed by atoms with Crippen molar-refractivity contribution >= 4 is 11.6 Å². The van der Waals surface area contributed by atoms with Crippen molar-refractivity contribution in [3.8, 4) is 0 Å². The quantitative estimate of drug-likeness (QED) is 0.814. The molecule has 2 atom stereocenters. The molecule has 0 aliphatic carbocycles. The molecule has 0 spiro atoms. The van der Waals surface area contributed by atoms with Crippen LogP contribution in [-0.2, 0) is 22.6 Å². The van der Waals surface area contributed by atoms with E-state index < -0.39 is 0 Å². The highest BCUT2D eigenvalue weighted by atomic mass is 35.5. The zero-order valence-electron chi connectivity index (χ0n) is 14.3. The number of morpholine rings is 1. The fourth-order valence-electron chi connectivity index (χ4n) is 3.30. The van der Waals surface area contributed by atoms with Crippen LogP contribution in [0, 0.1) is 0 Å². The van der Waals surface area contributed by atoms with E-state index in [0.29, 0.717) is 24.8 Å². The molecule has 0 radical (unpaired) electrons. The number of nitrogens with zero attached hydrogens (tertiary/aromatic N) is 3. The van der Waals surface area contributed by atoms with E-state index in [-0.39, 0.29) is 18.8 Å². The second-order valence-electron chi connectivity index (χ2n) is 6.06. The van der Waals surface area contributed by atoms with Crippen molar-refractivity contribution in [3.05, 3.63) is 53.1 Å². The van der Waals surface area contributed by atoms with E-state index in [4.69, 9.17) is 21.1 Å². The summed E-state index contributed by atoms with van der Waals surface area (Å²) >= 11 is 6.43. The van der Waals surface area contributed by atoms with E-state index in [2.05, 4.69) is 14.5 Å². The van der Waals surface area contributed by atoms with Gasteiger partial charge in [-0.15, -0.1) is 0 Å². The van der Waals surface area contributed by atoms with E-state index in [1.807, 2.05) is 30.5 Å². The number of aliphatic hydroxyl groups is 1. The molecule has 1 aromatic carbocycles. The molecule has 0 saturated carbocycles. The zero-order valence-corrected chi connectivity index (χ0v) is 15.1. The number of aliphatic hydroxyl groups excluding tert-OH is 1. The van der Waals surface area contributed by atoms with Crippen LogP contribution in [0.25, 0.3) is 0 Å². The van der Waals surface area contributed by atoms with Crippen molar-refractivity contribution in [2.75, 3.05) is 33.5 Å². The largest absolute Gasteiger partial charge is 0.394 e. The van der Waals surface area contributed by atoms with Gasteiger partial charge in [-0.2, -0.15) is 0 Å². The van der Waals surface area contributed by atoms with Crippen LogP contribution in [0.4, 0.5) is 0 Å². The molecule has 7 heteroatoms. The predicted octanol–water partition coefficient (Wildman–Crippen LogP) is 2.12.